The molecule has 5 heteroatoms. The lowest BCUT2D eigenvalue weighted by Gasteiger charge is -2.19. The molecule has 0 aromatic carbocycles. The zero-order valence-corrected chi connectivity index (χ0v) is 9.34. The minimum atomic E-state index is 0.111. The van der Waals surface area contributed by atoms with E-state index in [1.807, 2.05) is 25.5 Å². The molecule has 1 aromatic rings. The molecule has 1 unspecified atom stereocenters. The summed E-state index contributed by atoms with van der Waals surface area (Å²) in [6.07, 6.45) is 1.81. The second kappa shape index (κ2) is 5.07. The predicted octanol–water partition coefficient (Wildman–Crippen LogP) is 1.15. The van der Waals surface area contributed by atoms with Gasteiger partial charge in [-0.3, -0.25) is 10.3 Å². The molecule has 0 spiro atoms. The van der Waals surface area contributed by atoms with Crippen molar-refractivity contribution in [3.05, 3.63) is 16.6 Å². The minimum absolute atomic E-state index is 0.111. The Labute approximate surface area is 88.3 Å². The van der Waals surface area contributed by atoms with Gasteiger partial charge < -0.3 is 5.73 Å². The van der Waals surface area contributed by atoms with Crippen LogP contribution < -0.4 is 5.73 Å². The molecule has 0 saturated heterocycles. The number of aromatic nitrogens is 1. The number of rotatable bonds is 5. The van der Waals surface area contributed by atoms with Gasteiger partial charge in [-0.2, -0.15) is 0 Å². The van der Waals surface area contributed by atoms with Gasteiger partial charge in [0.2, 0.25) is 0 Å². The topological polar surface area (TPSA) is 66.0 Å². The van der Waals surface area contributed by atoms with E-state index < -0.39 is 0 Å². The molecule has 0 bridgehead atoms. The van der Waals surface area contributed by atoms with Gasteiger partial charge in [0.1, 0.15) is 5.01 Å². The first-order valence-electron chi connectivity index (χ1n) is 4.50. The Morgan fingerprint density at radius 3 is 3.00 bits per heavy atom. The molecule has 1 rings (SSSR count). The van der Waals surface area contributed by atoms with Gasteiger partial charge in [-0.05, 0) is 7.05 Å². The highest BCUT2D eigenvalue weighted by molar-refractivity contribution is 7.09. The SMILES string of the molecule is CC(CN(C)Cc1nccs1)C(=N)N. The average molecular weight is 212 g/mol. The molecule has 0 radical (unpaired) electrons. The molecule has 1 aromatic heterocycles. The van der Waals surface area contributed by atoms with Crippen LogP contribution in [-0.2, 0) is 6.54 Å². The smallest absolute Gasteiger partial charge is 0.107 e. The zero-order valence-electron chi connectivity index (χ0n) is 8.53. The van der Waals surface area contributed by atoms with Crippen LogP contribution in [0.3, 0.4) is 0 Å². The number of hydrogen-bond acceptors (Lipinski definition) is 4. The summed E-state index contributed by atoms with van der Waals surface area (Å²) >= 11 is 1.65. The molecule has 4 nitrogen and oxygen atoms in total. The number of nitrogens with two attached hydrogens (primary N) is 1. The number of hydrogen-bond donors (Lipinski definition) is 2. The number of nitrogens with one attached hydrogen (secondary N) is 1. The Bertz CT molecular complexity index is 283. The van der Waals surface area contributed by atoms with Gasteiger partial charge in [-0.1, -0.05) is 6.92 Å². The fraction of sp³-hybridized carbons (Fsp3) is 0.556. The fourth-order valence-corrected chi connectivity index (χ4v) is 1.89. The van der Waals surface area contributed by atoms with Crippen molar-refractivity contribution in [1.82, 2.24) is 9.88 Å². The summed E-state index contributed by atoms with van der Waals surface area (Å²) in [5, 5.41) is 10.4. The van der Waals surface area contributed by atoms with Crippen molar-refractivity contribution >= 4 is 17.2 Å². The predicted molar refractivity (Wildman–Crippen MR) is 59.5 cm³/mol. The molecular weight excluding hydrogens is 196 g/mol. The number of thiazole rings is 1. The summed E-state index contributed by atoms with van der Waals surface area (Å²) in [6.45, 7) is 3.59. The van der Waals surface area contributed by atoms with E-state index in [1.165, 1.54) is 0 Å². The molecule has 14 heavy (non-hydrogen) atoms. The first kappa shape index (κ1) is 11.1. The summed E-state index contributed by atoms with van der Waals surface area (Å²) < 4.78 is 0. The normalized spacial score (nSPS) is 13.1. The molecule has 0 saturated carbocycles. The Morgan fingerprint density at radius 1 is 1.79 bits per heavy atom. The standard InChI is InChI=1S/C9H16N4S/c1-7(9(10)11)5-13(2)6-8-12-3-4-14-8/h3-4,7H,5-6H2,1-2H3,(H3,10,11). The van der Waals surface area contributed by atoms with Gasteiger partial charge in [0.25, 0.3) is 0 Å². The van der Waals surface area contributed by atoms with Gasteiger partial charge in [-0.15, -0.1) is 11.3 Å². The molecule has 0 fully saturated rings. The molecule has 78 valence electrons. The van der Waals surface area contributed by atoms with E-state index in [1.54, 1.807) is 11.3 Å². The third-order valence-electron chi connectivity index (χ3n) is 2.01. The summed E-state index contributed by atoms with van der Waals surface area (Å²) in [7, 11) is 2.01. The van der Waals surface area contributed by atoms with E-state index in [0.717, 1.165) is 18.1 Å². The van der Waals surface area contributed by atoms with E-state index in [-0.39, 0.29) is 11.8 Å². The van der Waals surface area contributed by atoms with Crippen molar-refractivity contribution in [2.45, 2.75) is 13.5 Å². The van der Waals surface area contributed by atoms with Crippen molar-refractivity contribution in [2.75, 3.05) is 13.6 Å². The molecule has 1 atom stereocenters. The highest BCUT2D eigenvalue weighted by Crippen LogP contribution is 2.08. The molecule has 3 N–H and O–H groups in total. The minimum Gasteiger partial charge on any atom is -0.387 e. The van der Waals surface area contributed by atoms with Crippen LogP contribution in [0.4, 0.5) is 0 Å². The molecule has 1 heterocycles. The third-order valence-corrected chi connectivity index (χ3v) is 2.77. The maximum absolute atomic E-state index is 7.28. The number of nitrogens with zero attached hydrogens (tertiary/aromatic N) is 2. The van der Waals surface area contributed by atoms with Crippen molar-refractivity contribution in [1.29, 1.82) is 5.41 Å². The Hall–Kier alpha value is -0.940. The van der Waals surface area contributed by atoms with Gasteiger partial charge in [-0.25, -0.2) is 4.98 Å². The lowest BCUT2D eigenvalue weighted by Crippen LogP contribution is -2.31. The van der Waals surface area contributed by atoms with Crippen LogP contribution in [0.25, 0.3) is 0 Å². The van der Waals surface area contributed by atoms with E-state index in [4.69, 9.17) is 11.1 Å². The largest absolute Gasteiger partial charge is 0.387 e. The maximum Gasteiger partial charge on any atom is 0.107 e. The van der Waals surface area contributed by atoms with Gasteiger partial charge >= 0.3 is 0 Å². The average Bonchev–Trinajstić information content (AvgIpc) is 2.56. The highest BCUT2D eigenvalue weighted by atomic mass is 32.1. The second-order valence-electron chi connectivity index (χ2n) is 3.48. The monoisotopic (exact) mass is 212 g/mol. The first-order valence-corrected chi connectivity index (χ1v) is 5.38. The lowest BCUT2D eigenvalue weighted by molar-refractivity contribution is 0.306. The molecule has 0 aliphatic heterocycles. The van der Waals surface area contributed by atoms with E-state index in [9.17, 15) is 0 Å². The van der Waals surface area contributed by atoms with Crippen molar-refractivity contribution in [2.24, 2.45) is 11.7 Å². The summed E-state index contributed by atoms with van der Waals surface area (Å²) in [6, 6.07) is 0. The highest BCUT2D eigenvalue weighted by Gasteiger charge is 2.09. The Balaban J connectivity index is 2.36. The van der Waals surface area contributed by atoms with Crippen LogP contribution in [-0.4, -0.2) is 29.3 Å². The zero-order chi connectivity index (χ0) is 10.6. The van der Waals surface area contributed by atoms with Crippen LogP contribution in [0.15, 0.2) is 11.6 Å². The van der Waals surface area contributed by atoms with Crippen molar-refractivity contribution in [3.8, 4) is 0 Å². The van der Waals surface area contributed by atoms with Crippen LogP contribution >= 0.6 is 11.3 Å². The maximum atomic E-state index is 7.28. The van der Waals surface area contributed by atoms with Crippen molar-refractivity contribution < 1.29 is 0 Å². The first-order chi connectivity index (χ1) is 6.59. The quantitative estimate of drug-likeness (QED) is 0.568. The molecule has 0 aliphatic carbocycles. The van der Waals surface area contributed by atoms with Crippen LogP contribution in [0.1, 0.15) is 11.9 Å². The van der Waals surface area contributed by atoms with E-state index >= 15 is 0 Å². The fourth-order valence-electron chi connectivity index (χ4n) is 1.19. The van der Waals surface area contributed by atoms with Crippen molar-refractivity contribution in [3.63, 3.8) is 0 Å². The van der Waals surface area contributed by atoms with Crippen LogP contribution in [0.2, 0.25) is 0 Å². The molecule has 0 amide bonds. The number of amidine groups is 1. The Morgan fingerprint density at radius 2 is 2.50 bits per heavy atom. The lowest BCUT2D eigenvalue weighted by atomic mass is 10.1. The van der Waals surface area contributed by atoms with Gasteiger partial charge in [0.15, 0.2) is 0 Å². The summed E-state index contributed by atoms with van der Waals surface area (Å²) in [4.78, 5) is 6.33. The van der Waals surface area contributed by atoms with Crippen LogP contribution in [0, 0.1) is 11.3 Å². The Kier molecular flexibility index (Phi) is 4.03. The van der Waals surface area contributed by atoms with Gasteiger partial charge in [0, 0.05) is 24.0 Å². The summed E-state index contributed by atoms with van der Waals surface area (Å²) in [5.41, 5.74) is 5.40. The van der Waals surface area contributed by atoms with E-state index in [0.29, 0.717) is 0 Å². The van der Waals surface area contributed by atoms with Crippen LogP contribution in [0.5, 0.6) is 0 Å². The van der Waals surface area contributed by atoms with E-state index in [2.05, 4.69) is 9.88 Å². The third kappa shape index (κ3) is 3.43. The molecule has 0 aliphatic rings. The summed E-state index contributed by atoms with van der Waals surface area (Å²) in [5.74, 6) is 0.357. The second-order valence-corrected chi connectivity index (χ2v) is 4.46. The van der Waals surface area contributed by atoms with Gasteiger partial charge in [0.05, 0.1) is 12.4 Å². The molecular formula is C9H16N4S.